The van der Waals surface area contributed by atoms with Crippen molar-refractivity contribution in [3.63, 3.8) is 0 Å². The van der Waals surface area contributed by atoms with E-state index in [0.29, 0.717) is 23.9 Å². The molecule has 28 heavy (non-hydrogen) atoms. The summed E-state index contributed by atoms with van der Waals surface area (Å²) >= 11 is 0. The highest BCUT2D eigenvalue weighted by Crippen LogP contribution is 2.19. The van der Waals surface area contributed by atoms with Crippen LogP contribution in [0.5, 0.6) is 0 Å². The normalized spacial score (nSPS) is 14.2. The second kappa shape index (κ2) is 8.16. The van der Waals surface area contributed by atoms with Crippen LogP contribution in [-0.2, 0) is 6.54 Å². The first kappa shape index (κ1) is 18.1. The number of hydrogen-bond acceptors (Lipinski definition) is 6. The van der Waals surface area contributed by atoms with Gasteiger partial charge in [0.1, 0.15) is 11.6 Å². The minimum absolute atomic E-state index is 0.235. The molecule has 1 aliphatic rings. The van der Waals surface area contributed by atoms with Crippen molar-refractivity contribution in [1.29, 1.82) is 0 Å². The molecule has 2 aromatic carbocycles. The maximum atomic E-state index is 13.7. The van der Waals surface area contributed by atoms with E-state index >= 15 is 0 Å². The Labute approximate surface area is 161 Å². The van der Waals surface area contributed by atoms with Gasteiger partial charge >= 0.3 is 0 Å². The highest BCUT2D eigenvalue weighted by atomic mass is 19.1. The zero-order chi connectivity index (χ0) is 19.3. The van der Waals surface area contributed by atoms with Crippen molar-refractivity contribution < 1.29 is 8.78 Å². The van der Waals surface area contributed by atoms with Crippen LogP contribution in [-0.4, -0.2) is 41.4 Å². The topological polar surface area (TPSA) is 57.2 Å². The monoisotopic (exact) mass is 382 g/mol. The summed E-state index contributed by atoms with van der Waals surface area (Å²) in [5, 5.41) is 11.2. The first-order chi connectivity index (χ1) is 13.7. The number of benzene rings is 2. The zero-order valence-electron chi connectivity index (χ0n) is 15.2. The Morgan fingerprint density at radius 3 is 2.36 bits per heavy atom. The van der Waals surface area contributed by atoms with Crippen LogP contribution in [0.1, 0.15) is 5.56 Å². The molecule has 0 bridgehead atoms. The molecule has 0 aliphatic carbocycles. The third-order valence-electron chi connectivity index (χ3n) is 4.72. The lowest BCUT2D eigenvalue weighted by Gasteiger charge is -2.35. The molecule has 1 saturated heterocycles. The quantitative estimate of drug-likeness (QED) is 0.732. The summed E-state index contributed by atoms with van der Waals surface area (Å²) in [4.78, 5) is 8.76. The van der Waals surface area contributed by atoms with E-state index < -0.39 is 0 Å². The lowest BCUT2D eigenvalue weighted by molar-refractivity contribution is 0.612. The van der Waals surface area contributed by atoms with Gasteiger partial charge in [-0.05, 0) is 30.3 Å². The highest BCUT2D eigenvalue weighted by molar-refractivity contribution is 5.49. The van der Waals surface area contributed by atoms with Crippen LogP contribution in [0.15, 0.2) is 54.7 Å². The van der Waals surface area contributed by atoms with Crippen molar-refractivity contribution in [3.8, 4) is 0 Å². The molecule has 0 spiro atoms. The Morgan fingerprint density at radius 1 is 0.893 bits per heavy atom. The van der Waals surface area contributed by atoms with Crippen molar-refractivity contribution >= 4 is 17.5 Å². The Morgan fingerprint density at radius 2 is 1.61 bits per heavy atom. The lowest BCUT2D eigenvalue weighted by atomic mass is 10.2. The van der Waals surface area contributed by atoms with Gasteiger partial charge in [-0.15, -0.1) is 5.10 Å². The van der Waals surface area contributed by atoms with Crippen molar-refractivity contribution in [2.24, 2.45) is 0 Å². The van der Waals surface area contributed by atoms with E-state index in [-0.39, 0.29) is 11.6 Å². The molecule has 0 amide bonds. The summed E-state index contributed by atoms with van der Waals surface area (Å²) in [7, 11) is 0. The van der Waals surface area contributed by atoms with Gasteiger partial charge in [0.25, 0.3) is 0 Å². The van der Waals surface area contributed by atoms with E-state index in [1.54, 1.807) is 30.3 Å². The third-order valence-corrected chi connectivity index (χ3v) is 4.72. The molecule has 0 radical (unpaired) electrons. The van der Waals surface area contributed by atoms with Crippen LogP contribution in [0.2, 0.25) is 0 Å². The van der Waals surface area contributed by atoms with Gasteiger partial charge in [-0.2, -0.15) is 10.1 Å². The summed E-state index contributed by atoms with van der Waals surface area (Å²) in [6.07, 6.45) is 1.53. The predicted octanol–water partition coefficient (Wildman–Crippen LogP) is 3.09. The number of halogens is 2. The first-order valence-corrected chi connectivity index (χ1v) is 9.11. The second-order valence-corrected chi connectivity index (χ2v) is 6.54. The predicted molar refractivity (Wildman–Crippen MR) is 104 cm³/mol. The van der Waals surface area contributed by atoms with Crippen molar-refractivity contribution in [3.05, 3.63) is 71.9 Å². The second-order valence-electron chi connectivity index (χ2n) is 6.54. The molecule has 0 atom stereocenters. The summed E-state index contributed by atoms with van der Waals surface area (Å²) in [5.41, 5.74) is 1.57. The van der Waals surface area contributed by atoms with Gasteiger partial charge in [0, 0.05) is 44.0 Å². The van der Waals surface area contributed by atoms with E-state index in [9.17, 15) is 8.78 Å². The lowest BCUT2D eigenvalue weighted by Crippen LogP contribution is -2.47. The molecule has 1 N–H and O–H groups in total. The van der Waals surface area contributed by atoms with Gasteiger partial charge in [0.15, 0.2) is 5.82 Å². The van der Waals surface area contributed by atoms with Gasteiger partial charge in [-0.1, -0.05) is 18.2 Å². The molecule has 4 rings (SSSR count). The maximum Gasteiger partial charge on any atom is 0.247 e. The smallest absolute Gasteiger partial charge is 0.247 e. The largest absolute Gasteiger partial charge is 0.368 e. The summed E-state index contributed by atoms with van der Waals surface area (Å²) in [6.45, 7) is 3.35. The van der Waals surface area contributed by atoms with Gasteiger partial charge in [0.2, 0.25) is 5.95 Å². The molecule has 1 fully saturated rings. The number of hydrogen-bond donors (Lipinski definition) is 1. The van der Waals surface area contributed by atoms with Crippen LogP contribution in [0.25, 0.3) is 0 Å². The van der Waals surface area contributed by atoms with E-state index in [1.165, 1.54) is 24.4 Å². The third kappa shape index (κ3) is 4.16. The maximum absolute atomic E-state index is 13.7. The van der Waals surface area contributed by atoms with E-state index in [4.69, 9.17) is 0 Å². The summed E-state index contributed by atoms with van der Waals surface area (Å²) in [6, 6.07) is 13.1. The average molecular weight is 382 g/mol. The van der Waals surface area contributed by atoms with Gasteiger partial charge < -0.3 is 15.1 Å². The van der Waals surface area contributed by atoms with Gasteiger partial charge in [0.05, 0.1) is 6.20 Å². The van der Waals surface area contributed by atoms with E-state index in [1.807, 2.05) is 0 Å². The molecule has 1 aromatic heterocycles. The van der Waals surface area contributed by atoms with Crippen molar-refractivity contribution in [1.82, 2.24) is 15.2 Å². The molecule has 6 nitrogen and oxygen atoms in total. The number of nitrogens with one attached hydrogen (secondary N) is 1. The van der Waals surface area contributed by atoms with Crippen LogP contribution in [0.4, 0.5) is 26.2 Å². The molecule has 0 saturated carbocycles. The molecular weight excluding hydrogens is 362 g/mol. The van der Waals surface area contributed by atoms with Crippen LogP contribution in [0.3, 0.4) is 0 Å². The molecule has 8 heteroatoms. The number of rotatable bonds is 5. The van der Waals surface area contributed by atoms with Crippen LogP contribution < -0.4 is 15.1 Å². The summed E-state index contributed by atoms with van der Waals surface area (Å²) < 4.78 is 26.8. The molecule has 2 heterocycles. The number of nitrogens with zero attached hydrogens (tertiary/aromatic N) is 5. The molecular formula is C20H20F2N6. The fourth-order valence-corrected chi connectivity index (χ4v) is 3.16. The zero-order valence-corrected chi connectivity index (χ0v) is 15.2. The fourth-order valence-electron chi connectivity index (χ4n) is 3.16. The fraction of sp³-hybridized carbons (Fsp3) is 0.250. The van der Waals surface area contributed by atoms with Gasteiger partial charge in [-0.3, -0.25) is 0 Å². The molecule has 0 unspecified atom stereocenters. The average Bonchev–Trinajstić information content (AvgIpc) is 2.74. The first-order valence-electron chi connectivity index (χ1n) is 9.11. The Kier molecular flexibility index (Phi) is 5.27. The molecule has 144 valence electrons. The minimum atomic E-state index is -0.255. The highest BCUT2D eigenvalue weighted by Gasteiger charge is 2.20. The van der Waals surface area contributed by atoms with E-state index in [0.717, 1.165) is 31.9 Å². The van der Waals surface area contributed by atoms with Crippen molar-refractivity contribution in [2.45, 2.75) is 6.54 Å². The SMILES string of the molecule is Fc1ccc(N2CCN(c3nncc(NCc4ccccc4F)n3)CC2)cc1. The molecule has 3 aromatic rings. The summed E-state index contributed by atoms with van der Waals surface area (Å²) in [5.74, 6) is 0.599. The Bertz CT molecular complexity index is 926. The number of piperazine rings is 1. The van der Waals surface area contributed by atoms with Gasteiger partial charge in [-0.25, -0.2) is 8.78 Å². The molecule has 1 aliphatic heterocycles. The Balaban J connectivity index is 1.37. The number of aromatic nitrogens is 3. The minimum Gasteiger partial charge on any atom is -0.368 e. The van der Waals surface area contributed by atoms with Crippen LogP contribution in [0, 0.1) is 11.6 Å². The number of anilines is 3. The standard InChI is InChI=1S/C20H20F2N6/c21-16-5-7-17(8-6-16)27-9-11-28(12-10-27)20-25-19(14-24-26-20)23-13-15-3-1-2-4-18(15)22/h1-8,14H,9-13H2,(H,23,25,26). The van der Waals surface area contributed by atoms with Crippen molar-refractivity contribution in [2.75, 3.05) is 41.3 Å². The van der Waals surface area contributed by atoms with E-state index in [2.05, 4.69) is 30.3 Å². The Hall–Kier alpha value is -3.29. The van der Waals surface area contributed by atoms with Crippen LogP contribution >= 0.6 is 0 Å².